The number of nitro groups is 1. The molecular formula is C13H15N5O3. The Kier molecular flexibility index (Phi) is 4.27. The maximum Gasteiger partial charge on any atom is 0.270 e. The van der Waals surface area contributed by atoms with Gasteiger partial charge in [0.05, 0.1) is 11.5 Å². The molecule has 8 nitrogen and oxygen atoms in total. The van der Waals surface area contributed by atoms with Gasteiger partial charge in [0.1, 0.15) is 6.33 Å². The third-order valence-corrected chi connectivity index (χ3v) is 2.93. The van der Waals surface area contributed by atoms with E-state index in [1.165, 1.54) is 24.3 Å². The molecule has 110 valence electrons. The Morgan fingerprint density at radius 3 is 2.90 bits per heavy atom. The van der Waals surface area contributed by atoms with Gasteiger partial charge in [-0.25, -0.2) is 0 Å². The maximum absolute atomic E-state index is 12.0. The summed E-state index contributed by atoms with van der Waals surface area (Å²) in [6.45, 7) is 4.17. The molecule has 0 atom stereocenters. The lowest BCUT2D eigenvalue weighted by Gasteiger charge is -2.10. The highest BCUT2D eigenvalue weighted by atomic mass is 16.6. The SMILES string of the molecule is CC(C)n1cnnc1CNC(=O)c1cccc([N+](=O)[O-])c1. The van der Waals surface area contributed by atoms with Crippen molar-refractivity contribution in [1.82, 2.24) is 20.1 Å². The molecular weight excluding hydrogens is 274 g/mol. The lowest BCUT2D eigenvalue weighted by atomic mass is 10.2. The predicted octanol–water partition coefficient (Wildman–Crippen LogP) is 1.70. The molecule has 0 bridgehead atoms. The highest BCUT2D eigenvalue weighted by Crippen LogP contribution is 2.13. The molecule has 1 N–H and O–H groups in total. The van der Waals surface area contributed by atoms with E-state index in [-0.39, 0.29) is 23.8 Å². The number of non-ortho nitro benzene ring substituents is 1. The minimum Gasteiger partial charge on any atom is -0.345 e. The van der Waals surface area contributed by atoms with Crippen molar-refractivity contribution in [2.75, 3.05) is 0 Å². The quantitative estimate of drug-likeness (QED) is 0.666. The van der Waals surface area contributed by atoms with Gasteiger partial charge in [0, 0.05) is 23.7 Å². The molecule has 1 aromatic carbocycles. The Balaban J connectivity index is 2.06. The number of amides is 1. The van der Waals surface area contributed by atoms with E-state index < -0.39 is 10.8 Å². The molecule has 1 heterocycles. The molecule has 0 unspecified atom stereocenters. The van der Waals surface area contributed by atoms with Gasteiger partial charge >= 0.3 is 0 Å². The first-order valence-corrected chi connectivity index (χ1v) is 6.40. The lowest BCUT2D eigenvalue weighted by Crippen LogP contribution is -2.25. The Hall–Kier alpha value is -2.77. The molecule has 0 saturated carbocycles. The molecule has 0 aliphatic rings. The zero-order valence-electron chi connectivity index (χ0n) is 11.7. The monoisotopic (exact) mass is 289 g/mol. The second kappa shape index (κ2) is 6.12. The van der Waals surface area contributed by atoms with Crippen LogP contribution in [-0.2, 0) is 6.54 Å². The molecule has 1 amide bonds. The minimum atomic E-state index is -0.536. The van der Waals surface area contributed by atoms with E-state index in [1.807, 2.05) is 18.4 Å². The van der Waals surface area contributed by atoms with Gasteiger partial charge in [-0.2, -0.15) is 0 Å². The lowest BCUT2D eigenvalue weighted by molar-refractivity contribution is -0.384. The number of nitro benzene ring substituents is 1. The fraction of sp³-hybridized carbons (Fsp3) is 0.308. The van der Waals surface area contributed by atoms with Crippen molar-refractivity contribution in [2.45, 2.75) is 26.4 Å². The molecule has 2 rings (SSSR count). The largest absolute Gasteiger partial charge is 0.345 e. The number of carbonyl (C=O) groups excluding carboxylic acids is 1. The summed E-state index contributed by atoms with van der Waals surface area (Å²) in [7, 11) is 0. The predicted molar refractivity (Wildman–Crippen MR) is 74.7 cm³/mol. The van der Waals surface area contributed by atoms with Crippen molar-refractivity contribution in [3.05, 3.63) is 52.1 Å². The second-order valence-electron chi connectivity index (χ2n) is 4.74. The van der Waals surface area contributed by atoms with Crippen LogP contribution in [0.2, 0.25) is 0 Å². The Morgan fingerprint density at radius 2 is 2.24 bits per heavy atom. The molecule has 2 aromatic rings. The topological polar surface area (TPSA) is 103 Å². The third-order valence-electron chi connectivity index (χ3n) is 2.93. The normalized spacial score (nSPS) is 10.6. The van der Waals surface area contributed by atoms with Crippen LogP contribution in [0.1, 0.15) is 36.1 Å². The average molecular weight is 289 g/mol. The van der Waals surface area contributed by atoms with E-state index in [9.17, 15) is 14.9 Å². The highest BCUT2D eigenvalue weighted by molar-refractivity contribution is 5.94. The average Bonchev–Trinajstić information content (AvgIpc) is 2.93. The van der Waals surface area contributed by atoms with Crippen LogP contribution in [-0.4, -0.2) is 25.6 Å². The summed E-state index contributed by atoms with van der Waals surface area (Å²) in [5.41, 5.74) is 0.118. The molecule has 0 aliphatic carbocycles. The van der Waals surface area contributed by atoms with Crippen LogP contribution in [0.15, 0.2) is 30.6 Å². The number of benzene rings is 1. The maximum atomic E-state index is 12.0. The number of nitrogens with zero attached hydrogens (tertiary/aromatic N) is 4. The van der Waals surface area contributed by atoms with Crippen molar-refractivity contribution in [3.8, 4) is 0 Å². The first-order valence-electron chi connectivity index (χ1n) is 6.40. The number of aromatic nitrogens is 3. The smallest absolute Gasteiger partial charge is 0.270 e. The molecule has 0 spiro atoms. The van der Waals surface area contributed by atoms with Crippen molar-refractivity contribution < 1.29 is 9.72 Å². The van der Waals surface area contributed by atoms with Crippen molar-refractivity contribution in [2.24, 2.45) is 0 Å². The standard InChI is InChI=1S/C13H15N5O3/c1-9(2)17-8-15-16-12(17)7-14-13(19)10-4-3-5-11(6-10)18(20)21/h3-6,8-9H,7H2,1-2H3,(H,14,19). The summed E-state index contributed by atoms with van der Waals surface area (Å²) >= 11 is 0. The molecule has 0 fully saturated rings. The zero-order valence-corrected chi connectivity index (χ0v) is 11.7. The molecule has 0 radical (unpaired) electrons. The highest BCUT2D eigenvalue weighted by Gasteiger charge is 2.13. The van der Waals surface area contributed by atoms with Crippen LogP contribution in [0.5, 0.6) is 0 Å². The van der Waals surface area contributed by atoms with Crippen LogP contribution in [0.4, 0.5) is 5.69 Å². The first-order chi connectivity index (χ1) is 9.99. The Bertz CT molecular complexity index is 665. The number of carbonyl (C=O) groups is 1. The van der Waals surface area contributed by atoms with Gasteiger partial charge in [0.15, 0.2) is 5.82 Å². The van der Waals surface area contributed by atoms with Gasteiger partial charge in [-0.05, 0) is 19.9 Å². The number of hydrogen-bond acceptors (Lipinski definition) is 5. The molecule has 0 aliphatic heterocycles. The fourth-order valence-corrected chi connectivity index (χ4v) is 1.85. The van der Waals surface area contributed by atoms with Crippen LogP contribution in [0.3, 0.4) is 0 Å². The third kappa shape index (κ3) is 3.41. The van der Waals surface area contributed by atoms with Crippen LogP contribution < -0.4 is 5.32 Å². The fourth-order valence-electron chi connectivity index (χ4n) is 1.85. The molecule has 21 heavy (non-hydrogen) atoms. The van der Waals surface area contributed by atoms with Gasteiger partial charge in [0.2, 0.25) is 0 Å². The molecule has 8 heteroatoms. The van der Waals surface area contributed by atoms with Crippen LogP contribution in [0, 0.1) is 10.1 Å². The number of rotatable bonds is 5. The van der Waals surface area contributed by atoms with Gasteiger partial charge in [-0.15, -0.1) is 10.2 Å². The van der Waals surface area contributed by atoms with Gasteiger partial charge in [0.25, 0.3) is 11.6 Å². The number of hydrogen-bond donors (Lipinski definition) is 1. The van der Waals surface area contributed by atoms with E-state index in [2.05, 4.69) is 15.5 Å². The Labute approximate surface area is 121 Å². The summed E-state index contributed by atoms with van der Waals surface area (Å²) in [5, 5.41) is 21.1. The van der Waals surface area contributed by atoms with Crippen molar-refractivity contribution in [1.29, 1.82) is 0 Å². The first kappa shape index (κ1) is 14.6. The van der Waals surface area contributed by atoms with Gasteiger partial charge < -0.3 is 9.88 Å². The van der Waals surface area contributed by atoms with E-state index >= 15 is 0 Å². The zero-order chi connectivity index (χ0) is 15.4. The summed E-state index contributed by atoms with van der Waals surface area (Å²) in [4.78, 5) is 22.2. The van der Waals surface area contributed by atoms with E-state index in [1.54, 1.807) is 6.33 Å². The van der Waals surface area contributed by atoms with E-state index in [0.717, 1.165) is 0 Å². The Morgan fingerprint density at radius 1 is 1.48 bits per heavy atom. The van der Waals surface area contributed by atoms with Gasteiger partial charge in [-0.3, -0.25) is 14.9 Å². The van der Waals surface area contributed by atoms with Crippen LogP contribution in [0.25, 0.3) is 0 Å². The minimum absolute atomic E-state index is 0.118. The molecule has 1 aromatic heterocycles. The van der Waals surface area contributed by atoms with E-state index in [0.29, 0.717) is 5.82 Å². The van der Waals surface area contributed by atoms with Gasteiger partial charge in [-0.1, -0.05) is 6.07 Å². The van der Waals surface area contributed by atoms with E-state index in [4.69, 9.17) is 0 Å². The second-order valence-corrected chi connectivity index (χ2v) is 4.74. The summed E-state index contributed by atoms with van der Waals surface area (Å²) < 4.78 is 1.84. The number of nitrogens with one attached hydrogen (secondary N) is 1. The summed E-state index contributed by atoms with van der Waals surface area (Å²) in [6, 6.07) is 5.76. The summed E-state index contributed by atoms with van der Waals surface area (Å²) in [6.07, 6.45) is 1.60. The van der Waals surface area contributed by atoms with Crippen molar-refractivity contribution >= 4 is 11.6 Å². The van der Waals surface area contributed by atoms with Crippen molar-refractivity contribution in [3.63, 3.8) is 0 Å². The van der Waals surface area contributed by atoms with Crippen LogP contribution >= 0.6 is 0 Å². The molecule has 0 saturated heterocycles. The summed E-state index contributed by atoms with van der Waals surface area (Å²) in [5.74, 6) is 0.237.